The molecule has 0 radical (unpaired) electrons. The van der Waals surface area contributed by atoms with Crippen molar-refractivity contribution in [2.45, 2.75) is 27.7 Å². The Morgan fingerprint density at radius 1 is 0.929 bits per heavy atom. The maximum atomic E-state index is 5.54. The zero-order valence-corrected chi connectivity index (χ0v) is 9.39. The van der Waals surface area contributed by atoms with Gasteiger partial charge < -0.3 is 9.47 Å². The zero-order chi connectivity index (χ0) is 10.6. The van der Waals surface area contributed by atoms with Gasteiger partial charge in [-0.1, -0.05) is 0 Å². The molecule has 0 unspecified atom stereocenters. The first kappa shape index (κ1) is 10.9. The lowest BCUT2D eigenvalue weighted by Gasteiger charge is -2.12. The summed E-state index contributed by atoms with van der Waals surface area (Å²) in [6.45, 7) is 9.47. The Morgan fingerprint density at radius 3 is 1.86 bits per heavy atom. The summed E-state index contributed by atoms with van der Waals surface area (Å²) in [5, 5.41) is 0. The average molecular weight is 194 g/mol. The predicted octanol–water partition coefficient (Wildman–Crippen LogP) is 3.10. The number of hydrogen-bond acceptors (Lipinski definition) is 2. The fourth-order valence-corrected chi connectivity index (χ4v) is 1.53. The smallest absolute Gasteiger partial charge is 0.125 e. The van der Waals surface area contributed by atoms with Gasteiger partial charge >= 0.3 is 0 Å². The monoisotopic (exact) mass is 194 g/mol. The third-order valence-corrected chi connectivity index (χ3v) is 2.03. The minimum Gasteiger partial charge on any atom is -0.494 e. The van der Waals surface area contributed by atoms with Crippen molar-refractivity contribution in [3.63, 3.8) is 0 Å². The molecule has 0 saturated heterocycles. The fraction of sp³-hybridized carbons (Fsp3) is 0.500. The van der Waals surface area contributed by atoms with Crippen molar-refractivity contribution >= 4 is 0 Å². The van der Waals surface area contributed by atoms with Crippen molar-refractivity contribution in [2.75, 3.05) is 13.2 Å². The first-order valence-electron chi connectivity index (χ1n) is 5.05. The Kier molecular flexibility index (Phi) is 3.81. The van der Waals surface area contributed by atoms with Crippen molar-refractivity contribution in [1.82, 2.24) is 0 Å². The van der Waals surface area contributed by atoms with Gasteiger partial charge in [0.25, 0.3) is 0 Å². The summed E-state index contributed by atoms with van der Waals surface area (Å²) < 4.78 is 11.0. The number of ether oxygens (including phenoxy) is 2. The molecule has 0 spiro atoms. The number of hydrogen-bond donors (Lipinski definition) is 0. The van der Waals surface area contributed by atoms with E-state index in [0.29, 0.717) is 13.2 Å². The van der Waals surface area contributed by atoms with Gasteiger partial charge in [0.15, 0.2) is 0 Å². The van der Waals surface area contributed by atoms with Crippen LogP contribution in [0.4, 0.5) is 0 Å². The maximum Gasteiger partial charge on any atom is 0.125 e. The quantitative estimate of drug-likeness (QED) is 0.733. The van der Waals surface area contributed by atoms with Gasteiger partial charge in [0, 0.05) is 0 Å². The second-order valence-corrected chi connectivity index (χ2v) is 3.25. The van der Waals surface area contributed by atoms with Crippen LogP contribution in [0.3, 0.4) is 0 Å². The van der Waals surface area contributed by atoms with E-state index in [4.69, 9.17) is 9.47 Å². The van der Waals surface area contributed by atoms with Crippen LogP contribution >= 0.6 is 0 Å². The third-order valence-electron chi connectivity index (χ3n) is 2.03. The minimum absolute atomic E-state index is 0.701. The largest absolute Gasteiger partial charge is 0.494 e. The molecule has 0 saturated carbocycles. The van der Waals surface area contributed by atoms with Gasteiger partial charge in [-0.3, -0.25) is 0 Å². The summed E-state index contributed by atoms with van der Waals surface area (Å²) in [4.78, 5) is 0. The predicted molar refractivity (Wildman–Crippen MR) is 58.3 cm³/mol. The third kappa shape index (κ3) is 2.41. The number of benzene rings is 1. The molecule has 0 heterocycles. The number of aryl methyl sites for hydroxylation is 2. The van der Waals surface area contributed by atoms with Crippen molar-refractivity contribution in [3.8, 4) is 11.5 Å². The summed E-state index contributed by atoms with van der Waals surface area (Å²) in [5.41, 5.74) is 2.27. The van der Waals surface area contributed by atoms with Crippen LogP contribution in [-0.4, -0.2) is 13.2 Å². The van der Waals surface area contributed by atoms with Gasteiger partial charge in [-0.05, 0) is 51.0 Å². The number of rotatable bonds is 4. The van der Waals surface area contributed by atoms with Gasteiger partial charge in [0.05, 0.1) is 13.2 Å². The van der Waals surface area contributed by atoms with Gasteiger partial charge in [-0.25, -0.2) is 0 Å². The van der Waals surface area contributed by atoms with Crippen LogP contribution < -0.4 is 9.47 Å². The summed E-state index contributed by atoms with van der Waals surface area (Å²) in [6, 6.07) is 4.03. The second kappa shape index (κ2) is 4.89. The molecule has 1 rings (SSSR count). The molecule has 1 aromatic carbocycles. The zero-order valence-electron chi connectivity index (χ0n) is 9.39. The molecule has 0 aliphatic heterocycles. The molecule has 0 amide bonds. The highest BCUT2D eigenvalue weighted by Gasteiger charge is 2.05. The van der Waals surface area contributed by atoms with Gasteiger partial charge in [0.1, 0.15) is 11.5 Å². The van der Waals surface area contributed by atoms with E-state index >= 15 is 0 Å². The van der Waals surface area contributed by atoms with Crippen LogP contribution in [-0.2, 0) is 0 Å². The van der Waals surface area contributed by atoms with E-state index in [1.54, 1.807) is 0 Å². The molecule has 0 bridgehead atoms. The summed E-state index contributed by atoms with van der Waals surface area (Å²) in [7, 11) is 0. The van der Waals surface area contributed by atoms with Crippen molar-refractivity contribution in [3.05, 3.63) is 23.3 Å². The SMILES string of the molecule is CCOc1cc(C)c(OCC)c(C)c1. The van der Waals surface area contributed by atoms with Crippen LogP contribution in [0.5, 0.6) is 11.5 Å². The molecule has 0 aliphatic carbocycles. The molecule has 1 aromatic rings. The molecule has 0 fully saturated rings. The highest BCUT2D eigenvalue weighted by Crippen LogP contribution is 2.28. The molecule has 14 heavy (non-hydrogen) atoms. The standard InChI is InChI=1S/C12H18O2/c1-5-13-11-7-9(3)12(14-6-2)10(4)8-11/h7-8H,5-6H2,1-4H3. The Balaban J connectivity index is 2.98. The molecule has 0 N–H and O–H groups in total. The molecular weight excluding hydrogens is 176 g/mol. The lowest BCUT2D eigenvalue weighted by Crippen LogP contribution is -1.98. The molecule has 0 aromatic heterocycles. The maximum absolute atomic E-state index is 5.54. The topological polar surface area (TPSA) is 18.5 Å². The summed E-state index contributed by atoms with van der Waals surface area (Å²) in [5.74, 6) is 1.90. The van der Waals surface area contributed by atoms with Crippen LogP contribution in [0, 0.1) is 13.8 Å². The molecule has 0 aliphatic rings. The van der Waals surface area contributed by atoms with E-state index in [9.17, 15) is 0 Å². The lowest BCUT2D eigenvalue weighted by molar-refractivity contribution is 0.326. The Hall–Kier alpha value is -1.18. The van der Waals surface area contributed by atoms with Crippen molar-refractivity contribution < 1.29 is 9.47 Å². The molecule has 78 valence electrons. The van der Waals surface area contributed by atoms with E-state index in [-0.39, 0.29) is 0 Å². The second-order valence-electron chi connectivity index (χ2n) is 3.25. The Morgan fingerprint density at radius 2 is 1.43 bits per heavy atom. The first-order chi connectivity index (χ1) is 6.69. The minimum atomic E-state index is 0.701. The van der Waals surface area contributed by atoms with Gasteiger partial charge in [-0.15, -0.1) is 0 Å². The van der Waals surface area contributed by atoms with Crippen LogP contribution in [0.15, 0.2) is 12.1 Å². The first-order valence-corrected chi connectivity index (χ1v) is 5.05. The van der Waals surface area contributed by atoms with E-state index < -0.39 is 0 Å². The van der Waals surface area contributed by atoms with E-state index in [1.807, 2.05) is 39.8 Å². The summed E-state index contributed by atoms with van der Waals surface area (Å²) in [6.07, 6.45) is 0. The highest BCUT2D eigenvalue weighted by atomic mass is 16.5. The van der Waals surface area contributed by atoms with Gasteiger partial charge in [-0.2, -0.15) is 0 Å². The Bertz CT molecular complexity index is 282. The van der Waals surface area contributed by atoms with Crippen molar-refractivity contribution in [1.29, 1.82) is 0 Å². The Labute approximate surface area is 85.8 Å². The van der Waals surface area contributed by atoms with Crippen LogP contribution in [0.25, 0.3) is 0 Å². The van der Waals surface area contributed by atoms with E-state index in [1.165, 1.54) is 0 Å². The normalized spacial score (nSPS) is 10.0. The molecule has 2 heteroatoms. The molecular formula is C12H18O2. The lowest BCUT2D eigenvalue weighted by atomic mass is 10.1. The van der Waals surface area contributed by atoms with E-state index in [2.05, 4.69) is 0 Å². The van der Waals surface area contributed by atoms with Crippen LogP contribution in [0.1, 0.15) is 25.0 Å². The highest BCUT2D eigenvalue weighted by molar-refractivity contribution is 5.45. The van der Waals surface area contributed by atoms with E-state index in [0.717, 1.165) is 22.6 Å². The average Bonchev–Trinajstić information content (AvgIpc) is 2.12. The van der Waals surface area contributed by atoms with Crippen molar-refractivity contribution in [2.24, 2.45) is 0 Å². The molecule has 0 atom stereocenters. The van der Waals surface area contributed by atoms with Gasteiger partial charge in [0.2, 0.25) is 0 Å². The summed E-state index contributed by atoms with van der Waals surface area (Å²) >= 11 is 0. The van der Waals surface area contributed by atoms with Crippen LogP contribution in [0.2, 0.25) is 0 Å². The molecule has 2 nitrogen and oxygen atoms in total. The fourth-order valence-electron chi connectivity index (χ4n) is 1.53.